The van der Waals surface area contributed by atoms with E-state index < -0.39 is 23.5 Å². The van der Waals surface area contributed by atoms with E-state index in [2.05, 4.69) is 10.3 Å². The lowest BCUT2D eigenvalue weighted by molar-refractivity contribution is 0.0572. The molecule has 1 fully saturated rings. The first-order chi connectivity index (χ1) is 16.4. The summed E-state index contributed by atoms with van der Waals surface area (Å²) in [5.41, 5.74) is 4.06. The van der Waals surface area contributed by atoms with Crippen molar-refractivity contribution in [3.8, 4) is 16.9 Å². The molecule has 2 aromatic carbocycles. The van der Waals surface area contributed by atoms with E-state index in [0.717, 1.165) is 47.2 Å². The van der Waals surface area contributed by atoms with Gasteiger partial charge in [0.1, 0.15) is 12.4 Å². The molecule has 0 amide bonds. The van der Waals surface area contributed by atoms with Crippen LogP contribution < -0.4 is 4.74 Å². The third-order valence-electron chi connectivity index (χ3n) is 6.14. The van der Waals surface area contributed by atoms with E-state index in [1.54, 1.807) is 18.0 Å². The van der Waals surface area contributed by atoms with Crippen molar-refractivity contribution in [2.45, 2.75) is 18.9 Å². The number of fused-ring (bicyclic) bond motifs is 1. The summed E-state index contributed by atoms with van der Waals surface area (Å²) < 4.78 is 48.6. The van der Waals surface area contributed by atoms with Crippen LogP contribution in [0.2, 0.25) is 0 Å². The maximum Gasteiger partial charge on any atom is 0.194 e. The van der Waals surface area contributed by atoms with E-state index in [1.165, 1.54) is 0 Å². The lowest BCUT2D eigenvalue weighted by Crippen LogP contribution is -2.44. The summed E-state index contributed by atoms with van der Waals surface area (Å²) in [4.78, 5) is 7.41. The highest BCUT2D eigenvalue weighted by Crippen LogP contribution is 2.35. The second-order valence-electron chi connectivity index (χ2n) is 8.35. The second kappa shape index (κ2) is 8.89. The third kappa shape index (κ3) is 4.02. The van der Waals surface area contributed by atoms with Crippen LogP contribution in [0.25, 0.3) is 17.2 Å². The molecule has 0 aliphatic carbocycles. The van der Waals surface area contributed by atoms with Crippen molar-refractivity contribution in [2.24, 2.45) is 12.2 Å². The van der Waals surface area contributed by atoms with Crippen molar-refractivity contribution < 1.29 is 22.7 Å². The first kappa shape index (κ1) is 22.1. The minimum Gasteiger partial charge on any atom is -0.496 e. The van der Waals surface area contributed by atoms with E-state index in [9.17, 15) is 13.2 Å². The van der Waals surface area contributed by atoms with Crippen LogP contribution in [0.15, 0.2) is 53.5 Å². The van der Waals surface area contributed by atoms with Crippen LogP contribution in [-0.2, 0) is 11.9 Å². The van der Waals surface area contributed by atoms with Gasteiger partial charge >= 0.3 is 0 Å². The number of amidine groups is 1. The number of rotatable bonds is 4. The molecule has 3 aromatic rings. The molecule has 9 heteroatoms. The zero-order valence-electron chi connectivity index (χ0n) is 18.8. The topological polar surface area (TPSA) is 51.9 Å². The Labute approximate surface area is 194 Å². The molecule has 0 spiro atoms. The molecule has 34 heavy (non-hydrogen) atoms. The number of nitrogens with zero attached hydrogens (tertiary/aromatic N) is 4. The Balaban J connectivity index is 1.46. The Bertz CT molecular complexity index is 1280. The quantitative estimate of drug-likeness (QED) is 0.502. The summed E-state index contributed by atoms with van der Waals surface area (Å²) in [6, 6.07) is 7.49. The Morgan fingerprint density at radius 1 is 1.15 bits per heavy atom. The molecule has 2 aliphatic heterocycles. The Morgan fingerprint density at radius 3 is 2.65 bits per heavy atom. The number of piperidine rings is 1. The highest BCUT2D eigenvalue weighted by atomic mass is 19.2. The lowest BCUT2D eigenvalue weighted by atomic mass is 9.95. The van der Waals surface area contributed by atoms with Crippen molar-refractivity contribution >= 4 is 11.9 Å². The molecule has 1 saturated heterocycles. The Morgan fingerprint density at radius 2 is 1.94 bits per heavy atom. The molecule has 0 bridgehead atoms. The Kier molecular flexibility index (Phi) is 5.77. The number of benzene rings is 2. The zero-order chi connectivity index (χ0) is 23.8. The highest BCUT2D eigenvalue weighted by Gasteiger charge is 2.34. The predicted molar refractivity (Wildman–Crippen MR) is 122 cm³/mol. The Hall–Kier alpha value is -3.75. The van der Waals surface area contributed by atoms with E-state index in [-0.39, 0.29) is 6.61 Å². The van der Waals surface area contributed by atoms with Gasteiger partial charge in [0.05, 0.1) is 19.3 Å². The van der Waals surface area contributed by atoms with E-state index in [1.807, 2.05) is 42.4 Å². The minimum absolute atomic E-state index is 0.120. The summed E-state index contributed by atoms with van der Waals surface area (Å²) >= 11 is 0. The number of hydrogen-bond acceptors (Lipinski definition) is 5. The van der Waals surface area contributed by atoms with Crippen LogP contribution >= 0.6 is 0 Å². The molecule has 0 saturated carbocycles. The van der Waals surface area contributed by atoms with Gasteiger partial charge in [0.15, 0.2) is 23.3 Å². The third-order valence-corrected chi connectivity index (χ3v) is 6.14. The van der Waals surface area contributed by atoms with Crippen molar-refractivity contribution in [1.82, 2.24) is 14.7 Å². The van der Waals surface area contributed by atoms with Gasteiger partial charge in [-0.3, -0.25) is 4.68 Å². The molecular formula is C25H23F3N4O2. The van der Waals surface area contributed by atoms with Gasteiger partial charge in [-0.05, 0) is 59.9 Å². The van der Waals surface area contributed by atoms with Crippen molar-refractivity contribution in [2.75, 3.05) is 20.3 Å². The predicted octanol–water partition coefficient (Wildman–Crippen LogP) is 5.08. The van der Waals surface area contributed by atoms with E-state index in [0.29, 0.717) is 23.7 Å². The van der Waals surface area contributed by atoms with Crippen LogP contribution in [0.4, 0.5) is 13.2 Å². The molecule has 0 radical (unpaired) electrons. The SMILES string of the molecule is COc1cc(/C=C2\CCCN3C2=NOCC3c2cc(F)c(F)c(F)c2)ccc1-c1cnn(C)c1. The molecule has 1 aromatic heterocycles. The molecule has 1 unspecified atom stereocenters. The smallest absolute Gasteiger partial charge is 0.194 e. The summed E-state index contributed by atoms with van der Waals surface area (Å²) in [6.07, 6.45) is 7.31. The number of ether oxygens (including phenoxy) is 1. The number of methoxy groups -OCH3 is 1. The summed E-state index contributed by atoms with van der Waals surface area (Å²) in [7, 11) is 3.48. The standard InChI is InChI=1S/C25H23F3N4O2/c1-31-13-18(12-29-31)19-6-5-15(9-23(19)33-2)8-16-4-3-7-32-22(14-34-30-25(16)32)17-10-20(26)24(28)21(27)11-17/h5-6,8-13,22H,3-4,7,14H2,1-2H3/b16-8+. The van der Waals surface area contributed by atoms with Gasteiger partial charge in [-0.1, -0.05) is 11.2 Å². The molecule has 3 heterocycles. The summed E-state index contributed by atoms with van der Waals surface area (Å²) in [6.45, 7) is 0.767. The van der Waals surface area contributed by atoms with Gasteiger partial charge in [-0.15, -0.1) is 0 Å². The van der Waals surface area contributed by atoms with E-state index in [4.69, 9.17) is 9.57 Å². The molecule has 176 valence electrons. The average Bonchev–Trinajstić information content (AvgIpc) is 3.28. The van der Waals surface area contributed by atoms with Crippen molar-refractivity contribution in [3.63, 3.8) is 0 Å². The average molecular weight is 468 g/mol. The molecule has 0 N–H and O–H groups in total. The van der Waals surface area contributed by atoms with Gasteiger partial charge < -0.3 is 14.5 Å². The first-order valence-electron chi connectivity index (χ1n) is 10.9. The van der Waals surface area contributed by atoms with Gasteiger partial charge in [-0.25, -0.2) is 13.2 Å². The van der Waals surface area contributed by atoms with Crippen molar-refractivity contribution in [3.05, 3.63) is 76.9 Å². The van der Waals surface area contributed by atoms with Gasteiger partial charge in [0.25, 0.3) is 0 Å². The van der Waals surface area contributed by atoms with E-state index >= 15 is 0 Å². The number of aromatic nitrogens is 2. The van der Waals surface area contributed by atoms with Crippen molar-refractivity contribution in [1.29, 1.82) is 0 Å². The summed E-state index contributed by atoms with van der Waals surface area (Å²) in [5, 5.41) is 8.47. The van der Waals surface area contributed by atoms with Crippen LogP contribution in [0.1, 0.15) is 30.0 Å². The molecule has 2 aliphatic rings. The van der Waals surface area contributed by atoms with Gasteiger partial charge in [-0.2, -0.15) is 5.10 Å². The zero-order valence-corrected chi connectivity index (χ0v) is 18.8. The molecule has 6 nitrogen and oxygen atoms in total. The van der Waals surface area contributed by atoms with Crippen LogP contribution in [0, 0.1) is 17.5 Å². The fourth-order valence-electron chi connectivity index (χ4n) is 4.49. The lowest BCUT2D eigenvalue weighted by Gasteiger charge is -2.40. The fraction of sp³-hybridized carbons (Fsp3) is 0.280. The normalized spacial score (nSPS) is 19.0. The molecule has 5 rings (SSSR count). The highest BCUT2D eigenvalue weighted by molar-refractivity contribution is 6.03. The fourth-order valence-corrected chi connectivity index (χ4v) is 4.49. The number of halogens is 3. The monoisotopic (exact) mass is 468 g/mol. The molecular weight excluding hydrogens is 445 g/mol. The molecule has 1 atom stereocenters. The summed E-state index contributed by atoms with van der Waals surface area (Å²) in [5.74, 6) is -2.58. The number of oxime groups is 1. The van der Waals surface area contributed by atoms with Crippen LogP contribution in [0.3, 0.4) is 0 Å². The van der Waals surface area contributed by atoms with Gasteiger partial charge in [0, 0.05) is 30.9 Å². The largest absolute Gasteiger partial charge is 0.496 e. The second-order valence-corrected chi connectivity index (χ2v) is 8.35. The van der Waals surface area contributed by atoms with Crippen LogP contribution in [0.5, 0.6) is 5.75 Å². The van der Waals surface area contributed by atoms with Gasteiger partial charge in [0.2, 0.25) is 0 Å². The number of hydrogen-bond donors (Lipinski definition) is 0. The maximum atomic E-state index is 13.9. The van der Waals surface area contributed by atoms with Crippen LogP contribution in [-0.4, -0.2) is 40.8 Å². The maximum absolute atomic E-state index is 13.9. The minimum atomic E-state index is -1.47. The number of aryl methyl sites for hydroxylation is 1. The first-order valence-corrected chi connectivity index (χ1v) is 10.9.